The maximum Gasteiger partial charge on any atom is 0.417 e. The highest BCUT2D eigenvalue weighted by molar-refractivity contribution is 7.89. The first kappa shape index (κ1) is 31.3. The predicted octanol–water partition coefficient (Wildman–Crippen LogP) is 6.42. The van der Waals surface area contributed by atoms with Gasteiger partial charge in [0.05, 0.1) is 16.6 Å². The molecule has 0 saturated carbocycles. The molecule has 0 N–H and O–H groups in total. The van der Waals surface area contributed by atoms with E-state index in [1.807, 2.05) is 19.9 Å². The van der Waals surface area contributed by atoms with Crippen molar-refractivity contribution in [3.8, 4) is 0 Å². The van der Waals surface area contributed by atoms with Gasteiger partial charge in [0.1, 0.15) is 4.90 Å². The predicted molar refractivity (Wildman–Crippen MR) is 160 cm³/mol. The summed E-state index contributed by atoms with van der Waals surface area (Å²) >= 11 is 6.04. The van der Waals surface area contributed by atoms with Crippen molar-refractivity contribution >= 4 is 33.2 Å². The second-order valence-electron chi connectivity index (χ2n) is 11.3. The van der Waals surface area contributed by atoms with Gasteiger partial charge in [-0.05, 0) is 87.1 Å². The summed E-state index contributed by atoms with van der Waals surface area (Å²) in [4.78, 5) is 21.1. The lowest BCUT2D eigenvalue weighted by Crippen LogP contribution is -2.45. The number of aromatic nitrogens is 1. The van der Waals surface area contributed by atoms with Gasteiger partial charge in [0.15, 0.2) is 0 Å². The standard InChI is InChI=1S/C31H34ClF3N4O3S/c1-19-16-24(17-20(2)36-19)39-14-12-23(13-15-39)37(3)30(40)22-9-8-21-10-11-28(25(21)18-22)38(4)43(41,42)29-26(31(33,34)35)6-5-7-27(29)32/h5-9,16-18,23,28H,10-15H2,1-4H3. The van der Waals surface area contributed by atoms with Crippen molar-refractivity contribution < 1.29 is 26.4 Å². The number of carbonyl (C=O) groups excluding carboxylic acids is 1. The van der Waals surface area contributed by atoms with Crippen LogP contribution < -0.4 is 4.90 Å². The lowest BCUT2D eigenvalue weighted by molar-refractivity contribution is -0.139. The number of nitrogens with zero attached hydrogens (tertiary/aromatic N) is 4. The summed E-state index contributed by atoms with van der Waals surface area (Å²) in [5.41, 5.74) is 3.63. The first-order valence-electron chi connectivity index (χ1n) is 14.1. The highest BCUT2D eigenvalue weighted by Gasteiger charge is 2.42. The fourth-order valence-electron chi connectivity index (χ4n) is 6.27. The maximum absolute atomic E-state index is 13.8. The van der Waals surface area contributed by atoms with Crippen LogP contribution in [0, 0.1) is 13.8 Å². The van der Waals surface area contributed by atoms with Crippen molar-refractivity contribution in [2.45, 2.75) is 62.7 Å². The molecule has 1 aliphatic heterocycles. The molecule has 0 radical (unpaired) electrons. The SMILES string of the molecule is Cc1cc(N2CCC(N(C)C(=O)c3ccc4c(c3)C(N(C)S(=O)(=O)c3c(Cl)cccc3C(F)(F)F)CC4)CC2)cc(C)n1. The summed E-state index contributed by atoms with van der Waals surface area (Å²) in [6.07, 6.45) is -2.42. The van der Waals surface area contributed by atoms with E-state index in [1.165, 1.54) is 7.05 Å². The first-order chi connectivity index (χ1) is 20.2. The molecule has 5 rings (SSSR count). The Bertz CT molecular complexity index is 1640. The average molecular weight is 635 g/mol. The second-order valence-corrected chi connectivity index (χ2v) is 13.7. The molecule has 230 valence electrons. The zero-order valence-electron chi connectivity index (χ0n) is 24.4. The molecule has 1 unspecified atom stereocenters. The zero-order valence-corrected chi connectivity index (χ0v) is 26.0. The molecule has 0 bridgehead atoms. The Hall–Kier alpha value is -3.15. The van der Waals surface area contributed by atoms with Gasteiger partial charge in [-0.15, -0.1) is 0 Å². The molecule has 1 amide bonds. The first-order valence-corrected chi connectivity index (χ1v) is 15.9. The van der Waals surface area contributed by atoms with Gasteiger partial charge in [0.25, 0.3) is 5.91 Å². The van der Waals surface area contributed by atoms with Crippen LogP contribution in [0.15, 0.2) is 53.4 Å². The van der Waals surface area contributed by atoms with Crippen LogP contribution in [0.2, 0.25) is 5.02 Å². The van der Waals surface area contributed by atoms with Gasteiger partial charge in [-0.3, -0.25) is 9.78 Å². The Morgan fingerprint density at radius 2 is 1.65 bits per heavy atom. The molecule has 12 heteroatoms. The molecule has 2 heterocycles. The van der Waals surface area contributed by atoms with E-state index in [2.05, 4.69) is 22.0 Å². The van der Waals surface area contributed by atoms with E-state index in [4.69, 9.17) is 11.6 Å². The zero-order chi connectivity index (χ0) is 31.3. The van der Waals surface area contributed by atoms with Crippen molar-refractivity contribution in [3.63, 3.8) is 0 Å². The van der Waals surface area contributed by atoms with Crippen LogP contribution in [0.5, 0.6) is 0 Å². The Kier molecular flexibility index (Phi) is 8.54. The van der Waals surface area contributed by atoms with Gasteiger partial charge in [0.2, 0.25) is 10.0 Å². The summed E-state index contributed by atoms with van der Waals surface area (Å²) in [6, 6.07) is 11.6. The number of alkyl halides is 3. The largest absolute Gasteiger partial charge is 0.417 e. The van der Waals surface area contributed by atoms with E-state index < -0.39 is 37.7 Å². The lowest BCUT2D eigenvalue weighted by atomic mass is 10.00. The Morgan fingerprint density at radius 3 is 2.28 bits per heavy atom. The van der Waals surface area contributed by atoms with E-state index in [9.17, 15) is 26.4 Å². The third-order valence-electron chi connectivity index (χ3n) is 8.55. The van der Waals surface area contributed by atoms with Crippen LogP contribution in [-0.4, -0.2) is 61.7 Å². The molecule has 1 aromatic heterocycles. The molecule has 3 aromatic rings. The molecule has 43 heavy (non-hydrogen) atoms. The van der Waals surface area contributed by atoms with Crippen LogP contribution in [0.4, 0.5) is 18.9 Å². The van der Waals surface area contributed by atoms with Crippen molar-refractivity contribution in [3.05, 3.63) is 87.2 Å². The quantitative estimate of drug-likeness (QED) is 0.313. The molecule has 2 aliphatic rings. The van der Waals surface area contributed by atoms with E-state index in [1.54, 1.807) is 24.1 Å². The van der Waals surface area contributed by atoms with Crippen molar-refractivity contribution in [1.82, 2.24) is 14.2 Å². The number of pyridine rings is 1. The average Bonchev–Trinajstić information content (AvgIpc) is 3.38. The molecule has 1 atom stereocenters. The topological polar surface area (TPSA) is 73.8 Å². The van der Waals surface area contributed by atoms with Crippen molar-refractivity contribution in [1.29, 1.82) is 0 Å². The van der Waals surface area contributed by atoms with Crippen LogP contribution in [-0.2, 0) is 22.6 Å². The number of anilines is 1. The summed E-state index contributed by atoms with van der Waals surface area (Å²) in [6.45, 7) is 5.53. The third-order valence-corrected chi connectivity index (χ3v) is 10.9. The Labute approximate surface area is 255 Å². The number of fused-ring (bicyclic) bond motifs is 1. The number of rotatable bonds is 6. The Balaban J connectivity index is 1.34. The second kappa shape index (κ2) is 11.7. The van der Waals surface area contributed by atoms with Gasteiger partial charge < -0.3 is 9.80 Å². The summed E-state index contributed by atoms with van der Waals surface area (Å²) in [5, 5.41) is -0.495. The van der Waals surface area contributed by atoms with Gasteiger partial charge in [-0.2, -0.15) is 17.5 Å². The molecular formula is C31H34ClF3N4O3S. The van der Waals surface area contributed by atoms with Crippen LogP contribution in [0.3, 0.4) is 0 Å². The summed E-state index contributed by atoms with van der Waals surface area (Å²) in [5.74, 6) is -0.182. The van der Waals surface area contributed by atoms with E-state index in [0.717, 1.165) is 65.0 Å². The lowest BCUT2D eigenvalue weighted by Gasteiger charge is -2.38. The smallest absolute Gasteiger partial charge is 0.371 e. The normalized spacial score (nSPS) is 17.8. The van der Waals surface area contributed by atoms with E-state index in [-0.39, 0.29) is 11.9 Å². The molecule has 7 nitrogen and oxygen atoms in total. The fourth-order valence-corrected chi connectivity index (χ4v) is 8.36. The summed E-state index contributed by atoms with van der Waals surface area (Å²) < 4.78 is 69.4. The highest BCUT2D eigenvalue weighted by Crippen LogP contribution is 2.43. The molecule has 1 aliphatic carbocycles. The van der Waals surface area contributed by atoms with Crippen molar-refractivity contribution in [2.75, 3.05) is 32.1 Å². The minimum Gasteiger partial charge on any atom is -0.371 e. The van der Waals surface area contributed by atoms with Crippen LogP contribution in [0.1, 0.15) is 63.7 Å². The third kappa shape index (κ3) is 6.12. The molecule has 0 spiro atoms. The highest BCUT2D eigenvalue weighted by atomic mass is 35.5. The van der Waals surface area contributed by atoms with Crippen molar-refractivity contribution in [2.24, 2.45) is 0 Å². The molecule has 1 fully saturated rings. The van der Waals surface area contributed by atoms with Gasteiger partial charge >= 0.3 is 6.18 Å². The number of benzene rings is 2. The maximum atomic E-state index is 13.8. The van der Waals surface area contributed by atoms with Crippen LogP contribution in [0.25, 0.3) is 0 Å². The number of hydrogen-bond donors (Lipinski definition) is 0. The number of halogens is 4. The van der Waals surface area contributed by atoms with Gasteiger partial charge in [0, 0.05) is 55.9 Å². The fraction of sp³-hybridized carbons (Fsp3) is 0.419. The summed E-state index contributed by atoms with van der Waals surface area (Å²) in [7, 11) is -1.59. The molecule has 1 saturated heterocycles. The Morgan fingerprint density at radius 1 is 1.00 bits per heavy atom. The van der Waals surface area contributed by atoms with Gasteiger partial charge in [-0.1, -0.05) is 23.7 Å². The number of hydrogen-bond acceptors (Lipinski definition) is 5. The van der Waals surface area contributed by atoms with E-state index in [0.29, 0.717) is 30.0 Å². The number of carbonyl (C=O) groups is 1. The number of piperidine rings is 1. The monoisotopic (exact) mass is 634 g/mol. The van der Waals surface area contributed by atoms with Gasteiger partial charge in [-0.25, -0.2) is 8.42 Å². The number of amides is 1. The van der Waals surface area contributed by atoms with E-state index >= 15 is 0 Å². The van der Waals surface area contributed by atoms with Crippen LogP contribution >= 0.6 is 11.6 Å². The molecule has 2 aromatic carbocycles. The minimum atomic E-state index is -4.90. The minimum absolute atomic E-state index is 0.0286. The molecular weight excluding hydrogens is 601 g/mol. The number of sulfonamides is 1. The number of aryl methyl sites for hydroxylation is 3.